The maximum Gasteiger partial charge on any atom is 0.429 e. The Bertz CT molecular complexity index is 870. The summed E-state index contributed by atoms with van der Waals surface area (Å²) in [5.41, 5.74) is 3.79. The molecule has 0 saturated carbocycles. The number of nitrogens with zero attached hydrogens (tertiary/aromatic N) is 1. The maximum absolute atomic E-state index is 13.9. The van der Waals surface area contributed by atoms with Crippen LogP contribution in [0, 0.1) is 5.82 Å². The molecule has 0 aromatic heterocycles. The average molecular weight is 420 g/mol. The molecule has 29 heavy (non-hydrogen) atoms. The fourth-order valence-electron chi connectivity index (χ4n) is 2.43. The Kier molecular flexibility index (Phi) is 7.50. The third-order valence-electron chi connectivity index (χ3n) is 3.79. The van der Waals surface area contributed by atoms with Gasteiger partial charge in [-0.25, -0.2) is 14.2 Å². The highest BCUT2D eigenvalue weighted by molar-refractivity contribution is 7.98. The lowest BCUT2D eigenvalue weighted by Crippen LogP contribution is -2.46. The Morgan fingerprint density at radius 1 is 1.17 bits per heavy atom. The number of carbonyl (C=O) groups excluding carboxylic acids is 2. The van der Waals surface area contributed by atoms with Crippen LogP contribution in [0.15, 0.2) is 47.4 Å². The maximum atomic E-state index is 13.9. The first kappa shape index (κ1) is 22.5. The number of anilines is 3. The fraction of sp³-hybridized carbons (Fsp3) is 0.333. The predicted octanol–water partition coefficient (Wildman–Crippen LogP) is 5.44. The Balaban J connectivity index is 2.37. The van der Waals surface area contributed by atoms with E-state index in [1.54, 1.807) is 39.5 Å². The molecule has 0 spiro atoms. The minimum Gasteiger partial charge on any atom is -0.442 e. The number of para-hydroxylation sites is 1. The van der Waals surface area contributed by atoms with Crippen molar-refractivity contribution < 1.29 is 18.7 Å². The zero-order valence-electron chi connectivity index (χ0n) is 17.2. The number of ether oxygens (including phenoxy) is 1. The number of nitrogens with one attached hydrogen (secondary N) is 2. The van der Waals surface area contributed by atoms with Gasteiger partial charge in [0, 0.05) is 4.90 Å². The van der Waals surface area contributed by atoms with E-state index in [9.17, 15) is 14.0 Å². The number of hydrogen-bond acceptors (Lipinski definition) is 6. The Hall–Kier alpha value is -2.74. The summed E-state index contributed by atoms with van der Waals surface area (Å²) in [6.07, 6.45) is 1.86. The van der Waals surface area contributed by atoms with Crippen LogP contribution >= 0.6 is 11.8 Å². The number of benzene rings is 2. The van der Waals surface area contributed by atoms with Crippen LogP contribution < -0.4 is 10.7 Å². The number of aldehydes is 1. The van der Waals surface area contributed by atoms with E-state index in [2.05, 4.69) is 10.7 Å². The van der Waals surface area contributed by atoms with E-state index in [1.165, 1.54) is 18.2 Å². The van der Waals surface area contributed by atoms with Crippen molar-refractivity contribution in [3.8, 4) is 0 Å². The monoisotopic (exact) mass is 419 g/mol. The van der Waals surface area contributed by atoms with Crippen LogP contribution in [0.2, 0.25) is 0 Å². The Morgan fingerprint density at radius 3 is 2.48 bits per heavy atom. The summed E-state index contributed by atoms with van der Waals surface area (Å²) in [5.74, 6) is -0.438. The van der Waals surface area contributed by atoms with Gasteiger partial charge in [0.25, 0.3) is 0 Å². The molecule has 0 saturated heterocycles. The number of hydrazine groups is 1. The van der Waals surface area contributed by atoms with Gasteiger partial charge >= 0.3 is 6.09 Å². The summed E-state index contributed by atoms with van der Waals surface area (Å²) < 4.78 is 19.3. The lowest BCUT2D eigenvalue weighted by molar-refractivity contribution is -0.111. The molecule has 0 unspecified atom stereocenters. The summed E-state index contributed by atoms with van der Waals surface area (Å²) in [6.45, 7) is 6.76. The number of amides is 1. The second kappa shape index (κ2) is 9.65. The summed E-state index contributed by atoms with van der Waals surface area (Å²) >= 11 is 1.55. The molecule has 2 N–H and O–H groups in total. The third kappa shape index (κ3) is 6.39. The lowest BCUT2D eigenvalue weighted by Gasteiger charge is -2.31. The van der Waals surface area contributed by atoms with Gasteiger partial charge in [-0.15, -0.1) is 11.8 Å². The Labute approximate surface area is 174 Å². The van der Waals surface area contributed by atoms with Crippen LogP contribution in [0.4, 0.5) is 26.2 Å². The lowest BCUT2D eigenvalue weighted by atomic mass is 10.2. The molecular formula is C21H26FN3O3S. The normalized spacial score (nSPS) is 12.1. The van der Waals surface area contributed by atoms with Gasteiger partial charge in [-0.3, -0.25) is 5.43 Å². The number of hydrogen-bond donors (Lipinski definition) is 2. The topological polar surface area (TPSA) is 70.7 Å². The van der Waals surface area contributed by atoms with Crippen LogP contribution in [-0.2, 0) is 9.53 Å². The predicted molar refractivity (Wildman–Crippen MR) is 115 cm³/mol. The standard InChI is InChI=1S/C21H26FN3O3S/c1-14(13-26)25(20(27)28-21(2,3)4)24-16-11-10-15(22)12-18(16)23-17-8-6-7-9-19(17)29-5/h6-14,23-24H,1-5H3/t14-/m0/s1. The molecule has 1 amide bonds. The van der Waals surface area contributed by atoms with E-state index in [1.807, 2.05) is 30.5 Å². The molecule has 0 fully saturated rings. The first-order valence-electron chi connectivity index (χ1n) is 9.08. The first-order valence-corrected chi connectivity index (χ1v) is 10.3. The smallest absolute Gasteiger partial charge is 0.429 e. The van der Waals surface area contributed by atoms with Crippen LogP contribution in [-0.4, -0.2) is 35.3 Å². The largest absolute Gasteiger partial charge is 0.442 e. The zero-order valence-corrected chi connectivity index (χ0v) is 18.0. The highest BCUT2D eigenvalue weighted by atomic mass is 32.2. The molecule has 0 bridgehead atoms. The van der Waals surface area contributed by atoms with Crippen molar-refractivity contribution in [1.82, 2.24) is 5.01 Å². The summed E-state index contributed by atoms with van der Waals surface area (Å²) in [4.78, 5) is 24.9. The third-order valence-corrected chi connectivity index (χ3v) is 4.59. The second-order valence-corrected chi connectivity index (χ2v) is 8.20. The van der Waals surface area contributed by atoms with E-state index < -0.39 is 23.6 Å². The molecule has 8 heteroatoms. The highest BCUT2D eigenvalue weighted by Crippen LogP contribution is 2.32. The van der Waals surface area contributed by atoms with Crippen molar-refractivity contribution in [2.45, 2.75) is 44.2 Å². The van der Waals surface area contributed by atoms with Crippen LogP contribution in [0.1, 0.15) is 27.7 Å². The molecule has 0 aliphatic carbocycles. The van der Waals surface area contributed by atoms with E-state index in [0.717, 1.165) is 15.6 Å². The van der Waals surface area contributed by atoms with Gasteiger partial charge in [0.1, 0.15) is 23.7 Å². The van der Waals surface area contributed by atoms with E-state index >= 15 is 0 Å². The van der Waals surface area contributed by atoms with Crippen LogP contribution in [0.3, 0.4) is 0 Å². The second-order valence-electron chi connectivity index (χ2n) is 7.35. The number of rotatable bonds is 7. The van der Waals surface area contributed by atoms with Crippen molar-refractivity contribution in [1.29, 1.82) is 0 Å². The molecule has 156 valence electrons. The molecule has 6 nitrogen and oxygen atoms in total. The van der Waals surface area contributed by atoms with Gasteiger partial charge in [-0.1, -0.05) is 12.1 Å². The zero-order chi connectivity index (χ0) is 21.6. The summed E-state index contributed by atoms with van der Waals surface area (Å²) in [7, 11) is 0. The van der Waals surface area contributed by atoms with Crippen LogP contribution in [0.25, 0.3) is 0 Å². The molecule has 0 radical (unpaired) electrons. The van der Waals surface area contributed by atoms with Gasteiger partial charge in [0.15, 0.2) is 0 Å². The van der Waals surface area contributed by atoms with Gasteiger partial charge in [0.05, 0.1) is 17.1 Å². The minimum absolute atomic E-state index is 0.415. The molecule has 2 aromatic carbocycles. The van der Waals surface area contributed by atoms with E-state index in [4.69, 9.17) is 4.74 Å². The number of thioether (sulfide) groups is 1. The molecule has 0 aliphatic rings. The van der Waals surface area contributed by atoms with Crippen molar-refractivity contribution in [3.05, 3.63) is 48.3 Å². The molecule has 0 heterocycles. The van der Waals surface area contributed by atoms with E-state index in [-0.39, 0.29) is 0 Å². The molecule has 2 aromatic rings. The fourth-order valence-corrected chi connectivity index (χ4v) is 2.98. The van der Waals surface area contributed by atoms with Crippen molar-refractivity contribution in [3.63, 3.8) is 0 Å². The number of carbonyl (C=O) groups is 2. The average Bonchev–Trinajstić information content (AvgIpc) is 2.65. The van der Waals surface area contributed by atoms with Gasteiger partial charge < -0.3 is 14.8 Å². The minimum atomic E-state index is -0.804. The molecule has 2 rings (SSSR count). The summed E-state index contributed by atoms with van der Waals surface area (Å²) in [6, 6.07) is 10.9. The van der Waals surface area contributed by atoms with Crippen LogP contribution in [0.5, 0.6) is 0 Å². The molecule has 1 atom stereocenters. The van der Waals surface area contributed by atoms with Gasteiger partial charge in [-0.05, 0) is 64.3 Å². The number of halogens is 1. The highest BCUT2D eigenvalue weighted by Gasteiger charge is 2.27. The van der Waals surface area contributed by atoms with Crippen molar-refractivity contribution in [2.75, 3.05) is 17.0 Å². The van der Waals surface area contributed by atoms with Crippen molar-refractivity contribution >= 4 is 41.2 Å². The van der Waals surface area contributed by atoms with Gasteiger partial charge in [-0.2, -0.15) is 0 Å². The molecular weight excluding hydrogens is 393 g/mol. The quantitative estimate of drug-likeness (QED) is 0.354. The first-order chi connectivity index (χ1) is 13.6. The Morgan fingerprint density at radius 2 is 1.86 bits per heavy atom. The SMILES string of the molecule is CSc1ccccc1Nc1cc(F)ccc1NN(C(=O)OC(C)(C)C)[C@@H](C)C=O. The van der Waals surface area contributed by atoms with E-state index in [0.29, 0.717) is 17.7 Å². The van der Waals surface area contributed by atoms with Crippen molar-refractivity contribution in [2.24, 2.45) is 0 Å². The summed E-state index contributed by atoms with van der Waals surface area (Å²) in [5, 5.41) is 4.27. The molecule has 0 aliphatic heterocycles. The van der Waals surface area contributed by atoms with Gasteiger partial charge in [0.2, 0.25) is 0 Å².